The molecule has 0 aliphatic carbocycles. The maximum Gasteiger partial charge on any atom is 0.230 e. The molecule has 21 heavy (non-hydrogen) atoms. The summed E-state index contributed by atoms with van der Waals surface area (Å²) in [5.74, 6) is 0.757. The van der Waals surface area contributed by atoms with E-state index in [4.69, 9.17) is 4.74 Å². The number of likely N-dealkylation sites (tertiary alicyclic amines) is 1. The Morgan fingerprint density at radius 2 is 2.05 bits per heavy atom. The van der Waals surface area contributed by atoms with Crippen LogP contribution in [0.4, 0.5) is 5.13 Å². The van der Waals surface area contributed by atoms with Gasteiger partial charge in [0.25, 0.3) is 0 Å². The van der Waals surface area contributed by atoms with Gasteiger partial charge in [-0.05, 0) is 45.4 Å². The fraction of sp³-hybridized carbons (Fsp3) is 0.800. The van der Waals surface area contributed by atoms with E-state index in [0.29, 0.717) is 0 Å². The molecule has 0 atom stereocenters. The van der Waals surface area contributed by atoms with Crippen molar-refractivity contribution in [2.24, 2.45) is 0 Å². The Kier molecular flexibility index (Phi) is 6.73. The van der Waals surface area contributed by atoms with Crippen LogP contribution in [0.3, 0.4) is 0 Å². The molecule has 6 heteroatoms. The number of rotatable bonds is 8. The highest BCUT2D eigenvalue weighted by Gasteiger charge is 2.13. The standard InChI is InChI=1S/C15H28N4OS/c1-18(2)15-17-14(20-3)13(21-15)12-16-8-7-11-19-9-5-4-6-10-19/h16H,4-12H2,1-3H3. The van der Waals surface area contributed by atoms with E-state index >= 15 is 0 Å². The third-order valence-electron chi connectivity index (χ3n) is 3.79. The van der Waals surface area contributed by atoms with Crippen LogP contribution in [-0.2, 0) is 6.54 Å². The third kappa shape index (κ3) is 5.13. The Morgan fingerprint density at radius 1 is 1.29 bits per heavy atom. The summed E-state index contributed by atoms with van der Waals surface area (Å²) in [4.78, 5) is 10.3. The number of ether oxygens (including phenoxy) is 1. The zero-order valence-corrected chi connectivity index (χ0v) is 14.3. The summed E-state index contributed by atoms with van der Waals surface area (Å²) in [7, 11) is 5.70. The molecule has 0 saturated carbocycles. The van der Waals surface area contributed by atoms with Crippen molar-refractivity contribution >= 4 is 16.5 Å². The van der Waals surface area contributed by atoms with Crippen molar-refractivity contribution in [3.8, 4) is 5.88 Å². The Bertz CT molecular complexity index is 416. The monoisotopic (exact) mass is 312 g/mol. The van der Waals surface area contributed by atoms with Crippen molar-refractivity contribution in [3.05, 3.63) is 4.88 Å². The summed E-state index contributed by atoms with van der Waals surface area (Å²) in [6.45, 7) is 5.68. The van der Waals surface area contributed by atoms with Crippen LogP contribution in [0.5, 0.6) is 5.88 Å². The SMILES string of the molecule is COc1nc(N(C)C)sc1CNCCCN1CCCCC1. The lowest BCUT2D eigenvalue weighted by Crippen LogP contribution is -2.32. The average molecular weight is 312 g/mol. The van der Waals surface area contributed by atoms with Crippen molar-refractivity contribution in [1.29, 1.82) is 0 Å². The molecule has 1 aliphatic heterocycles. The quantitative estimate of drug-likeness (QED) is 0.745. The number of thiazole rings is 1. The molecule has 120 valence electrons. The van der Waals surface area contributed by atoms with Gasteiger partial charge in [0.1, 0.15) is 0 Å². The molecule has 1 aliphatic rings. The molecule has 1 saturated heterocycles. The predicted molar refractivity (Wildman–Crippen MR) is 89.6 cm³/mol. The van der Waals surface area contributed by atoms with E-state index < -0.39 is 0 Å². The first-order valence-electron chi connectivity index (χ1n) is 7.85. The highest BCUT2D eigenvalue weighted by molar-refractivity contribution is 7.15. The van der Waals surface area contributed by atoms with Crippen molar-refractivity contribution in [2.75, 3.05) is 52.3 Å². The molecule has 0 amide bonds. The predicted octanol–water partition coefficient (Wildman–Crippen LogP) is 2.18. The van der Waals surface area contributed by atoms with Crippen molar-refractivity contribution in [2.45, 2.75) is 32.2 Å². The van der Waals surface area contributed by atoms with Gasteiger partial charge in [-0.1, -0.05) is 17.8 Å². The molecule has 0 radical (unpaired) electrons. The molecular formula is C15H28N4OS. The van der Waals surface area contributed by atoms with E-state index in [-0.39, 0.29) is 0 Å². The number of methoxy groups -OCH3 is 1. The van der Waals surface area contributed by atoms with E-state index in [1.807, 2.05) is 19.0 Å². The molecular weight excluding hydrogens is 284 g/mol. The Labute approximate surface area is 132 Å². The molecule has 0 spiro atoms. The number of nitrogens with one attached hydrogen (secondary N) is 1. The number of hydrogen-bond acceptors (Lipinski definition) is 6. The first kappa shape index (κ1) is 16.5. The van der Waals surface area contributed by atoms with Crippen LogP contribution in [0, 0.1) is 0 Å². The van der Waals surface area contributed by atoms with Gasteiger partial charge in [-0.3, -0.25) is 0 Å². The van der Waals surface area contributed by atoms with Crippen molar-refractivity contribution < 1.29 is 4.74 Å². The maximum atomic E-state index is 5.35. The Morgan fingerprint density at radius 3 is 2.71 bits per heavy atom. The second kappa shape index (κ2) is 8.56. The maximum absolute atomic E-state index is 5.35. The van der Waals surface area contributed by atoms with Gasteiger partial charge in [0.05, 0.1) is 12.0 Å². The first-order valence-corrected chi connectivity index (χ1v) is 8.66. The lowest BCUT2D eigenvalue weighted by Gasteiger charge is -2.26. The number of hydrogen-bond donors (Lipinski definition) is 1. The summed E-state index contributed by atoms with van der Waals surface area (Å²) >= 11 is 1.70. The van der Waals surface area contributed by atoms with Gasteiger partial charge in [0.2, 0.25) is 5.88 Å². The summed E-state index contributed by atoms with van der Waals surface area (Å²) in [6, 6.07) is 0. The van der Waals surface area contributed by atoms with Gasteiger partial charge in [0.15, 0.2) is 5.13 Å². The number of anilines is 1. The molecule has 2 rings (SSSR count). The van der Waals surface area contributed by atoms with E-state index in [1.54, 1.807) is 18.4 Å². The van der Waals surface area contributed by atoms with Crippen LogP contribution in [0.25, 0.3) is 0 Å². The van der Waals surface area contributed by atoms with Crippen molar-refractivity contribution in [1.82, 2.24) is 15.2 Å². The second-order valence-corrected chi connectivity index (χ2v) is 6.82. The minimum atomic E-state index is 0.757. The van der Waals surface area contributed by atoms with E-state index in [9.17, 15) is 0 Å². The van der Waals surface area contributed by atoms with E-state index in [2.05, 4.69) is 15.2 Å². The minimum absolute atomic E-state index is 0.757. The van der Waals surface area contributed by atoms with Gasteiger partial charge in [-0.15, -0.1) is 0 Å². The highest BCUT2D eigenvalue weighted by atomic mass is 32.1. The van der Waals surface area contributed by atoms with Crippen LogP contribution in [0.2, 0.25) is 0 Å². The van der Waals surface area contributed by atoms with Crippen LogP contribution in [0.1, 0.15) is 30.6 Å². The normalized spacial score (nSPS) is 16.1. The van der Waals surface area contributed by atoms with E-state index in [1.165, 1.54) is 50.2 Å². The smallest absolute Gasteiger partial charge is 0.230 e. The van der Waals surface area contributed by atoms with E-state index in [0.717, 1.165) is 24.1 Å². The zero-order chi connectivity index (χ0) is 15.1. The lowest BCUT2D eigenvalue weighted by atomic mass is 10.1. The summed E-state index contributed by atoms with van der Waals surface area (Å²) < 4.78 is 5.35. The van der Waals surface area contributed by atoms with Gasteiger partial charge >= 0.3 is 0 Å². The minimum Gasteiger partial charge on any atom is -0.480 e. The molecule has 1 aromatic heterocycles. The fourth-order valence-electron chi connectivity index (χ4n) is 2.60. The van der Waals surface area contributed by atoms with Crippen LogP contribution in [-0.4, -0.2) is 57.3 Å². The molecule has 1 N–H and O–H groups in total. The largest absolute Gasteiger partial charge is 0.480 e. The molecule has 2 heterocycles. The number of piperidine rings is 1. The van der Waals surface area contributed by atoms with Gasteiger partial charge < -0.3 is 19.9 Å². The second-order valence-electron chi connectivity index (χ2n) is 5.76. The zero-order valence-electron chi connectivity index (χ0n) is 13.5. The van der Waals surface area contributed by atoms with Crippen LogP contribution in [0.15, 0.2) is 0 Å². The number of aromatic nitrogens is 1. The van der Waals surface area contributed by atoms with Crippen LogP contribution >= 0.6 is 11.3 Å². The average Bonchev–Trinajstić information content (AvgIpc) is 2.91. The van der Waals surface area contributed by atoms with Crippen molar-refractivity contribution in [3.63, 3.8) is 0 Å². The van der Waals surface area contributed by atoms with Gasteiger partial charge in [-0.2, -0.15) is 4.98 Å². The topological polar surface area (TPSA) is 40.6 Å². The Hall–Kier alpha value is -0.850. The first-order chi connectivity index (χ1) is 10.2. The summed E-state index contributed by atoms with van der Waals surface area (Å²) in [5, 5.41) is 4.51. The van der Waals surface area contributed by atoms with Gasteiger partial charge in [-0.25, -0.2) is 0 Å². The third-order valence-corrected chi connectivity index (χ3v) is 4.99. The molecule has 0 bridgehead atoms. The molecule has 0 aromatic carbocycles. The van der Waals surface area contributed by atoms with Gasteiger partial charge in [0, 0.05) is 20.6 Å². The fourth-order valence-corrected chi connectivity index (χ4v) is 3.52. The Balaban J connectivity index is 1.68. The van der Waals surface area contributed by atoms with Crippen LogP contribution < -0.4 is 15.0 Å². The molecule has 0 unspecified atom stereocenters. The molecule has 5 nitrogen and oxygen atoms in total. The molecule has 1 aromatic rings. The molecule has 1 fully saturated rings. The highest BCUT2D eigenvalue weighted by Crippen LogP contribution is 2.30. The summed E-state index contributed by atoms with van der Waals surface area (Å²) in [6.07, 6.45) is 5.37. The lowest BCUT2D eigenvalue weighted by molar-refractivity contribution is 0.225. The summed E-state index contributed by atoms with van der Waals surface area (Å²) in [5.41, 5.74) is 0. The number of nitrogens with zero attached hydrogens (tertiary/aromatic N) is 3.